The Morgan fingerprint density at radius 2 is 1.24 bits per heavy atom. The van der Waals surface area contributed by atoms with Gasteiger partial charge in [-0.15, -0.1) is 0 Å². The maximum Gasteiger partial charge on any atom is 0.0867 e. The molecule has 1 atom stereocenters. The lowest BCUT2D eigenvalue weighted by Gasteiger charge is -2.33. The quantitative estimate of drug-likeness (QED) is 0.331. The smallest absolute Gasteiger partial charge is 0.0867 e. The summed E-state index contributed by atoms with van der Waals surface area (Å²) in [6.07, 6.45) is 8.19. The molecule has 1 aromatic carbocycles. The van der Waals surface area contributed by atoms with Gasteiger partial charge in [0, 0.05) is 7.93 Å². The van der Waals surface area contributed by atoms with Crippen molar-refractivity contribution < 1.29 is 0 Å². The van der Waals surface area contributed by atoms with Crippen molar-refractivity contribution in [1.82, 2.24) is 0 Å². The molecule has 1 rings (SSSR count). The van der Waals surface area contributed by atoms with E-state index in [2.05, 4.69) is 45.0 Å². The molecule has 0 fully saturated rings. The Labute approximate surface area is 139 Å². The number of benzene rings is 1. The third-order valence-electron chi connectivity index (χ3n) is 4.63. The molecule has 0 heterocycles. The zero-order valence-corrected chi connectivity index (χ0v) is 16.8. The first-order valence-corrected chi connectivity index (χ1v) is 13.3. The lowest BCUT2D eigenvalue weighted by atomic mass is 10.3. The fraction of sp³-hybridized carbons (Fsp3) is 0.667. The first-order chi connectivity index (χ1) is 10.2. The first-order valence-electron chi connectivity index (χ1n) is 8.69. The normalized spacial score (nSPS) is 12.4. The molecule has 0 aliphatic rings. The van der Waals surface area contributed by atoms with Crippen LogP contribution in [0.15, 0.2) is 24.3 Å². The average molecular weight is 343 g/mol. The van der Waals surface area contributed by atoms with E-state index in [-0.39, 0.29) is 0 Å². The number of rotatable bonds is 11. The van der Waals surface area contributed by atoms with Crippen LogP contribution in [0.4, 0.5) is 0 Å². The highest BCUT2D eigenvalue weighted by Crippen LogP contribution is 2.28. The van der Waals surface area contributed by atoms with E-state index in [0.29, 0.717) is 7.93 Å². The minimum Gasteiger partial charge on any atom is -0.0948 e. The second-order valence-electron chi connectivity index (χ2n) is 6.26. The molecular weight excluding hydrogens is 311 g/mol. The van der Waals surface area contributed by atoms with Crippen molar-refractivity contribution in [1.29, 1.82) is 0 Å². The molecule has 0 N–H and O–H groups in total. The Morgan fingerprint density at radius 3 is 1.57 bits per heavy atom. The third kappa shape index (κ3) is 6.04. The van der Waals surface area contributed by atoms with Crippen molar-refractivity contribution in [2.24, 2.45) is 0 Å². The zero-order chi connectivity index (χ0) is 15.6. The van der Waals surface area contributed by atoms with E-state index < -0.39 is 8.07 Å². The van der Waals surface area contributed by atoms with Gasteiger partial charge in [0.2, 0.25) is 0 Å². The third-order valence-corrected chi connectivity index (χ3v) is 11.3. The summed E-state index contributed by atoms with van der Waals surface area (Å²) in [5.74, 6) is 0. The van der Waals surface area contributed by atoms with Crippen molar-refractivity contribution >= 4 is 37.7 Å². The van der Waals surface area contributed by atoms with Gasteiger partial charge >= 0.3 is 0 Å². The van der Waals surface area contributed by atoms with Crippen molar-refractivity contribution in [2.75, 3.05) is 0 Å². The minimum absolute atomic E-state index is 0.400. The summed E-state index contributed by atoms with van der Waals surface area (Å²) >= 11 is 5.98. The summed E-state index contributed by atoms with van der Waals surface area (Å²) in [7, 11) is -0.910. The summed E-state index contributed by atoms with van der Waals surface area (Å²) in [4.78, 5) is 0. The molecule has 1 aromatic rings. The molecule has 0 nitrogen and oxygen atoms in total. The van der Waals surface area contributed by atoms with Gasteiger partial charge in [0.05, 0.1) is 8.07 Å². The molecular formula is C18H32ClPSi. The van der Waals surface area contributed by atoms with E-state index in [4.69, 9.17) is 11.2 Å². The Bertz CT molecular complexity index is 356. The van der Waals surface area contributed by atoms with Gasteiger partial charge in [-0.1, -0.05) is 118 Å². The Hall–Kier alpha value is 0.157. The predicted octanol–water partition coefficient (Wildman–Crippen LogP) is 6.20. The number of halogens is 1. The first kappa shape index (κ1) is 19.2. The van der Waals surface area contributed by atoms with Crippen LogP contribution in [0.3, 0.4) is 0 Å². The van der Waals surface area contributed by atoms with E-state index in [1.165, 1.54) is 62.0 Å². The van der Waals surface area contributed by atoms with Crippen LogP contribution in [-0.2, 0) is 0 Å². The Kier molecular flexibility index (Phi) is 9.89. The van der Waals surface area contributed by atoms with Crippen LogP contribution < -0.4 is 10.5 Å². The highest BCUT2D eigenvalue weighted by molar-refractivity contribution is 7.74. The highest BCUT2D eigenvalue weighted by atomic mass is 35.7. The largest absolute Gasteiger partial charge is 0.0948 e. The molecule has 0 saturated heterocycles. The molecule has 0 spiro atoms. The molecule has 0 bridgehead atoms. The lowest BCUT2D eigenvalue weighted by Crippen LogP contribution is -2.47. The summed E-state index contributed by atoms with van der Waals surface area (Å²) in [5.41, 5.74) is 0. The number of unbranched alkanes of at least 4 members (excludes halogenated alkanes) is 3. The SMILES string of the molecule is CCCC[Si](CCCC)(CCCC)c1ccc(PCl)cc1. The average Bonchev–Trinajstić information content (AvgIpc) is 2.55. The molecule has 120 valence electrons. The van der Waals surface area contributed by atoms with E-state index in [1.807, 2.05) is 0 Å². The van der Waals surface area contributed by atoms with Gasteiger partial charge in [0.1, 0.15) is 0 Å². The van der Waals surface area contributed by atoms with E-state index in [9.17, 15) is 0 Å². The summed E-state index contributed by atoms with van der Waals surface area (Å²) < 4.78 is 0. The van der Waals surface area contributed by atoms with Crippen molar-refractivity contribution in [3.63, 3.8) is 0 Å². The zero-order valence-electron chi connectivity index (χ0n) is 14.1. The van der Waals surface area contributed by atoms with Gasteiger partial charge < -0.3 is 0 Å². The molecule has 1 unspecified atom stereocenters. The summed E-state index contributed by atoms with van der Waals surface area (Å²) in [6, 6.07) is 13.8. The summed E-state index contributed by atoms with van der Waals surface area (Å²) in [6.45, 7) is 6.99. The van der Waals surface area contributed by atoms with Crippen LogP contribution >= 0.6 is 19.2 Å². The van der Waals surface area contributed by atoms with Gasteiger partial charge in [-0.25, -0.2) is 0 Å². The predicted molar refractivity (Wildman–Crippen MR) is 105 cm³/mol. The molecule has 0 amide bonds. The van der Waals surface area contributed by atoms with Gasteiger partial charge in [0.25, 0.3) is 0 Å². The van der Waals surface area contributed by atoms with Crippen LogP contribution in [0, 0.1) is 0 Å². The van der Waals surface area contributed by atoms with Gasteiger partial charge in [0.15, 0.2) is 0 Å². The molecule has 0 aliphatic carbocycles. The van der Waals surface area contributed by atoms with Crippen LogP contribution in [-0.4, -0.2) is 8.07 Å². The minimum atomic E-state index is -1.31. The lowest BCUT2D eigenvalue weighted by molar-refractivity contribution is 0.800. The monoisotopic (exact) mass is 342 g/mol. The van der Waals surface area contributed by atoms with Gasteiger partial charge in [-0.05, 0) is 5.30 Å². The highest BCUT2D eigenvalue weighted by Gasteiger charge is 2.32. The van der Waals surface area contributed by atoms with E-state index in [0.717, 1.165) is 0 Å². The molecule has 0 aromatic heterocycles. The van der Waals surface area contributed by atoms with E-state index >= 15 is 0 Å². The second-order valence-corrected chi connectivity index (χ2v) is 12.2. The second kappa shape index (κ2) is 10.8. The van der Waals surface area contributed by atoms with Crippen molar-refractivity contribution in [3.8, 4) is 0 Å². The molecule has 0 saturated carbocycles. The molecule has 0 aliphatic heterocycles. The molecule has 3 heteroatoms. The fourth-order valence-corrected chi connectivity index (χ4v) is 9.49. The maximum absolute atomic E-state index is 5.98. The summed E-state index contributed by atoms with van der Waals surface area (Å²) in [5, 5.41) is 2.97. The fourth-order valence-electron chi connectivity index (χ4n) is 3.24. The van der Waals surface area contributed by atoms with Crippen LogP contribution in [0.5, 0.6) is 0 Å². The standard InChI is InChI=1S/C18H32ClPSi/c1-4-7-14-21(15-8-5-2,16-9-6-3)18-12-10-17(20-19)11-13-18/h10-13,20H,4-9,14-16H2,1-3H3. The van der Waals surface area contributed by atoms with Crippen LogP contribution in [0.2, 0.25) is 18.1 Å². The number of hydrogen-bond donors (Lipinski definition) is 0. The number of hydrogen-bond acceptors (Lipinski definition) is 0. The maximum atomic E-state index is 5.98. The molecule has 0 radical (unpaired) electrons. The molecule has 21 heavy (non-hydrogen) atoms. The van der Waals surface area contributed by atoms with Crippen LogP contribution in [0.1, 0.15) is 59.3 Å². The van der Waals surface area contributed by atoms with Gasteiger partial charge in [-0.3, -0.25) is 0 Å². The Balaban J connectivity index is 3.02. The Morgan fingerprint density at radius 1 is 0.810 bits per heavy atom. The topological polar surface area (TPSA) is 0 Å². The van der Waals surface area contributed by atoms with Crippen molar-refractivity contribution in [3.05, 3.63) is 24.3 Å². The van der Waals surface area contributed by atoms with Crippen LogP contribution in [0.25, 0.3) is 0 Å². The van der Waals surface area contributed by atoms with Crippen molar-refractivity contribution in [2.45, 2.75) is 77.4 Å². The van der Waals surface area contributed by atoms with Gasteiger partial charge in [-0.2, -0.15) is 0 Å². The van der Waals surface area contributed by atoms with E-state index in [1.54, 1.807) is 5.19 Å².